The molecule has 1 aromatic rings. The Bertz CT molecular complexity index is 474. The molecule has 1 N–H and O–H groups in total. The molecular weight excluding hydrogens is 277 g/mol. The van der Waals surface area contributed by atoms with Gasteiger partial charge in [0.25, 0.3) is 0 Å². The lowest BCUT2D eigenvalue weighted by molar-refractivity contribution is 0.160. The number of fused-ring (bicyclic) bond motifs is 2. The van der Waals surface area contributed by atoms with Crippen LogP contribution in [0.5, 0.6) is 0 Å². The van der Waals surface area contributed by atoms with Gasteiger partial charge in [-0.1, -0.05) is 41.8 Å². The second-order valence-electron chi connectivity index (χ2n) is 6.36. The first-order chi connectivity index (χ1) is 9.14. The van der Waals surface area contributed by atoms with Crippen LogP contribution in [0.25, 0.3) is 0 Å². The van der Waals surface area contributed by atoms with Gasteiger partial charge < -0.3 is 5.32 Å². The van der Waals surface area contributed by atoms with Gasteiger partial charge in [-0.15, -0.1) is 0 Å². The molecule has 2 aliphatic carbocycles. The van der Waals surface area contributed by atoms with Crippen LogP contribution in [-0.2, 0) is 6.42 Å². The van der Waals surface area contributed by atoms with Crippen LogP contribution >= 0.6 is 23.2 Å². The van der Waals surface area contributed by atoms with E-state index in [0.717, 1.165) is 29.8 Å². The molecule has 3 atom stereocenters. The molecule has 104 valence electrons. The zero-order chi connectivity index (χ0) is 13.5. The van der Waals surface area contributed by atoms with Crippen LogP contribution in [0.2, 0.25) is 10.0 Å². The molecule has 0 aliphatic heterocycles. The highest BCUT2D eigenvalue weighted by Gasteiger charge is 2.50. The van der Waals surface area contributed by atoms with Gasteiger partial charge in [-0.05, 0) is 61.6 Å². The third-order valence-corrected chi connectivity index (χ3v) is 6.06. The third-order valence-electron chi connectivity index (χ3n) is 5.21. The summed E-state index contributed by atoms with van der Waals surface area (Å²) in [6.45, 7) is 1.09. The van der Waals surface area contributed by atoms with E-state index in [-0.39, 0.29) is 0 Å². The number of hydrogen-bond acceptors (Lipinski definition) is 1. The van der Waals surface area contributed by atoms with Gasteiger partial charge in [0, 0.05) is 6.54 Å². The molecule has 0 heterocycles. The lowest BCUT2D eigenvalue weighted by Crippen LogP contribution is -2.39. The molecule has 19 heavy (non-hydrogen) atoms. The topological polar surface area (TPSA) is 12.0 Å². The summed E-state index contributed by atoms with van der Waals surface area (Å²) >= 11 is 12.5. The first kappa shape index (κ1) is 13.7. The van der Waals surface area contributed by atoms with Gasteiger partial charge in [0.05, 0.1) is 10.0 Å². The van der Waals surface area contributed by atoms with E-state index in [4.69, 9.17) is 23.2 Å². The van der Waals surface area contributed by atoms with Crippen LogP contribution in [0.1, 0.15) is 31.2 Å². The number of rotatable bonds is 4. The maximum Gasteiger partial charge on any atom is 0.0624 e. The molecule has 3 heteroatoms. The van der Waals surface area contributed by atoms with Crippen molar-refractivity contribution in [2.45, 2.75) is 32.1 Å². The smallest absolute Gasteiger partial charge is 0.0624 e. The maximum atomic E-state index is 6.38. The summed E-state index contributed by atoms with van der Waals surface area (Å²) < 4.78 is 0. The maximum absolute atomic E-state index is 6.38. The Kier molecular flexibility index (Phi) is 3.81. The monoisotopic (exact) mass is 297 g/mol. The van der Waals surface area contributed by atoms with Crippen molar-refractivity contribution >= 4 is 23.2 Å². The highest BCUT2D eigenvalue weighted by Crippen LogP contribution is 2.57. The molecule has 3 rings (SSSR count). The molecule has 0 saturated heterocycles. The molecule has 0 radical (unpaired) electrons. The van der Waals surface area contributed by atoms with Gasteiger partial charge in [-0.3, -0.25) is 0 Å². The van der Waals surface area contributed by atoms with E-state index >= 15 is 0 Å². The van der Waals surface area contributed by atoms with Crippen molar-refractivity contribution in [1.29, 1.82) is 0 Å². The Morgan fingerprint density at radius 1 is 1.32 bits per heavy atom. The number of hydrogen-bond donors (Lipinski definition) is 1. The summed E-state index contributed by atoms with van der Waals surface area (Å²) in [6.07, 6.45) is 6.65. The van der Waals surface area contributed by atoms with E-state index in [2.05, 4.69) is 18.4 Å². The first-order valence-corrected chi connectivity index (χ1v) is 7.98. The van der Waals surface area contributed by atoms with E-state index in [1.807, 2.05) is 12.1 Å². The van der Waals surface area contributed by atoms with Gasteiger partial charge in [0.2, 0.25) is 0 Å². The Labute approximate surface area is 125 Å². The van der Waals surface area contributed by atoms with Crippen LogP contribution < -0.4 is 5.32 Å². The van der Waals surface area contributed by atoms with E-state index in [0.29, 0.717) is 10.4 Å². The van der Waals surface area contributed by atoms with E-state index in [1.165, 1.54) is 31.2 Å². The average molecular weight is 298 g/mol. The summed E-state index contributed by atoms with van der Waals surface area (Å²) in [5.41, 5.74) is 1.61. The lowest BCUT2D eigenvalue weighted by atomic mass is 9.69. The van der Waals surface area contributed by atoms with Crippen LogP contribution in [0.15, 0.2) is 18.2 Å². The quantitative estimate of drug-likeness (QED) is 0.859. The van der Waals surface area contributed by atoms with E-state index in [1.54, 1.807) is 0 Å². The van der Waals surface area contributed by atoms with Gasteiger partial charge in [0.15, 0.2) is 0 Å². The molecule has 0 spiro atoms. The molecule has 1 aromatic carbocycles. The van der Waals surface area contributed by atoms with Crippen molar-refractivity contribution in [2.24, 2.45) is 17.3 Å². The van der Waals surface area contributed by atoms with Crippen molar-refractivity contribution in [2.75, 3.05) is 13.6 Å². The first-order valence-electron chi connectivity index (χ1n) is 7.22. The zero-order valence-corrected chi connectivity index (χ0v) is 12.9. The minimum Gasteiger partial charge on any atom is -0.319 e. The van der Waals surface area contributed by atoms with Gasteiger partial charge in [0.1, 0.15) is 0 Å². The molecule has 2 bridgehead atoms. The van der Waals surface area contributed by atoms with Crippen LogP contribution in [-0.4, -0.2) is 13.6 Å². The minimum atomic E-state index is 0.395. The second-order valence-corrected chi connectivity index (χ2v) is 7.15. The van der Waals surface area contributed by atoms with Gasteiger partial charge in [-0.25, -0.2) is 0 Å². The van der Waals surface area contributed by atoms with E-state index < -0.39 is 0 Å². The van der Waals surface area contributed by atoms with Crippen molar-refractivity contribution in [3.63, 3.8) is 0 Å². The normalized spacial score (nSPS) is 33.0. The second kappa shape index (κ2) is 5.27. The molecule has 1 nitrogen and oxygen atoms in total. The molecule has 2 fully saturated rings. The summed E-state index contributed by atoms with van der Waals surface area (Å²) in [5.74, 6) is 1.80. The fraction of sp³-hybridized carbons (Fsp3) is 0.625. The summed E-state index contributed by atoms with van der Waals surface area (Å²) in [4.78, 5) is 0. The van der Waals surface area contributed by atoms with Crippen molar-refractivity contribution in [3.05, 3.63) is 33.8 Å². The Balaban J connectivity index is 1.88. The van der Waals surface area contributed by atoms with Gasteiger partial charge >= 0.3 is 0 Å². The van der Waals surface area contributed by atoms with Crippen molar-refractivity contribution in [3.8, 4) is 0 Å². The molecule has 3 unspecified atom stereocenters. The van der Waals surface area contributed by atoms with Crippen molar-refractivity contribution < 1.29 is 0 Å². The lowest BCUT2D eigenvalue weighted by Gasteiger charge is -2.38. The summed E-state index contributed by atoms with van der Waals surface area (Å²) in [5, 5.41) is 4.85. The van der Waals surface area contributed by atoms with Gasteiger partial charge in [-0.2, -0.15) is 0 Å². The van der Waals surface area contributed by atoms with Crippen LogP contribution in [0, 0.1) is 17.3 Å². The zero-order valence-electron chi connectivity index (χ0n) is 11.4. The highest BCUT2D eigenvalue weighted by molar-refractivity contribution is 6.42. The fourth-order valence-corrected chi connectivity index (χ4v) is 4.86. The fourth-order valence-electron chi connectivity index (χ4n) is 4.47. The van der Waals surface area contributed by atoms with Crippen LogP contribution in [0.3, 0.4) is 0 Å². The average Bonchev–Trinajstić information content (AvgIpc) is 2.96. The minimum absolute atomic E-state index is 0.395. The summed E-state index contributed by atoms with van der Waals surface area (Å²) in [7, 11) is 2.06. The Morgan fingerprint density at radius 2 is 2.16 bits per heavy atom. The predicted octanol–water partition coefficient (Wildman–Crippen LogP) is 4.56. The Hall–Kier alpha value is -0.240. The predicted molar refractivity (Wildman–Crippen MR) is 82.0 cm³/mol. The molecule has 2 aliphatic rings. The molecular formula is C16H21Cl2N. The third kappa shape index (κ3) is 2.41. The van der Waals surface area contributed by atoms with E-state index in [9.17, 15) is 0 Å². The summed E-state index contributed by atoms with van der Waals surface area (Å²) in [6, 6.07) is 6.03. The number of nitrogens with one attached hydrogen (secondary N) is 1. The highest BCUT2D eigenvalue weighted by atomic mass is 35.5. The number of benzene rings is 1. The Morgan fingerprint density at radius 3 is 2.79 bits per heavy atom. The van der Waals surface area contributed by atoms with Crippen LogP contribution in [0.4, 0.5) is 0 Å². The molecule has 0 aromatic heterocycles. The molecule has 0 amide bonds. The van der Waals surface area contributed by atoms with Crippen molar-refractivity contribution in [1.82, 2.24) is 5.32 Å². The number of halogens is 2. The largest absolute Gasteiger partial charge is 0.319 e. The molecule has 2 saturated carbocycles. The SMILES string of the molecule is CNCC1(Cc2cccc(Cl)c2Cl)CC2CCC1C2. The standard InChI is InChI=1S/C16H21Cl2N/c1-19-10-16(8-11-5-6-13(16)7-11)9-12-3-2-4-14(17)15(12)18/h2-4,11,13,19H,5-10H2,1H3.